The van der Waals surface area contributed by atoms with Crippen LogP contribution in [0.25, 0.3) is 16.5 Å². The molecule has 1 unspecified atom stereocenters. The van der Waals surface area contributed by atoms with E-state index in [2.05, 4.69) is 47.7 Å². The van der Waals surface area contributed by atoms with Crippen molar-refractivity contribution in [2.45, 2.75) is 46.6 Å². The summed E-state index contributed by atoms with van der Waals surface area (Å²) in [5, 5.41) is 4.99. The first-order valence-corrected chi connectivity index (χ1v) is 9.93. The van der Waals surface area contributed by atoms with E-state index in [9.17, 15) is 4.79 Å². The van der Waals surface area contributed by atoms with Gasteiger partial charge in [-0.05, 0) is 50.0 Å². The fourth-order valence-electron chi connectivity index (χ4n) is 4.35. The molecule has 2 heterocycles. The summed E-state index contributed by atoms with van der Waals surface area (Å²) in [6, 6.07) is 6.41. The average Bonchev–Trinajstić information content (AvgIpc) is 3.07. The van der Waals surface area contributed by atoms with E-state index < -0.39 is 0 Å². The van der Waals surface area contributed by atoms with Gasteiger partial charge >= 0.3 is 0 Å². The predicted molar refractivity (Wildman–Crippen MR) is 111 cm³/mol. The molecule has 2 aliphatic rings. The first-order chi connectivity index (χ1) is 12.6. The van der Waals surface area contributed by atoms with Gasteiger partial charge in [0.2, 0.25) is 5.91 Å². The molecule has 1 aromatic carbocycles. The summed E-state index contributed by atoms with van der Waals surface area (Å²) in [5.74, 6) is 0.151. The van der Waals surface area contributed by atoms with Crippen molar-refractivity contribution in [3.8, 4) is 0 Å². The monoisotopic (exact) mass is 355 g/mol. The lowest BCUT2D eigenvalue weighted by atomic mass is 9.72. The number of hydrogen-bond donors (Lipinski definition) is 2. The Labute approximate surface area is 158 Å². The molecular weight excluding hydrogens is 322 g/mol. The maximum absolute atomic E-state index is 12.8. The third-order valence-electron chi connectivity index (χ3n) is 5.69. The fourth-order valence-corrected chi connectivity index (χ4v) is 4.35. The number of rotatable bonds is 3. The summed E-state index contributed by atoms with van der Waals surface area (Å²) in [5.41, 5.74) is 4.99. The van der Waals surface area contributed by atoms with Crippen LogP contribution in [0.2, 0.25) is 0 Å². The highest BCUT2D eigenvalue weighted by atomic mass is 16.2. The lowest BCUT2D eigenvalue weighted by Crippen LogP contribution is -2.53. The molecule has 4 nitrogen and oxygen atoms in total. The van der Waals surface area contributed by atoms with Crippen LogP contribution in [0.15, 0.2) is 30.5 Å². The van der Waals surface area contributed by atoms with E-state index in [1.807, 2.05) is 32.6 Å². The van der Waals surface area contributed by atoms with Crippen LogP contribution in [0.1, 0.15) is 47.2 Å². The molecule has 4 rings (SSSR count). The van der Waals surface area contributed by atoms with Crippen molar-refractivity contribution in [2.24, 2.45) is 5.92 Å². The Morgan fingerprint density at radius 1 is 1.31 bits per heavy atom. The minimum Gasteiger partial charge on any atom is -0.361 e. The third-order valence-corrected chi connectivity index (χ3v) is 5.69. The van der Waals surface area contributed by atoms with Crippen molar-refractivity contribution in [1.82, 2.24) is 15.2 Å². The van der Waals surface area contributed by atoms with E-state index in [1.54, 1.807) is 0 Å². The molecule has 0 bridgehead atoms. The van der Waals surface area contributed by atoms with E-state index >= 15 is 0 Å². The molecule has 2 aromatic rings. The van der Waals surface area contributed by atoms with Gasteiger partial charge in [-0.25, -0.2) is 0 Å². The van der Waals surface area contributed by atoms with Crippen LogP contribution in [0.4, 0.5) is 0 Å². The summed E-state index contributed by atoms with van der Waals surface area (Å²) in [6.07, 6.45) is 5.31. The van der Waals surface area contributed by atoms with E-state index in [-0.39, 0.29) is 18.8 Å². The number of aromatic nitrogens is 1. The van der Waals surface area contributed by atoms with E-state index in [0.717, 1.165) is 19.5 Å². The minimum atomic E-state index is -0.0937. The van der Waals surface area contributed by atoms with E-state index in [1.165, 1.54) is 27.6 Å². The maximum atomic E-state index is 12.8. The van der Waals surface area contributed by atoms with Crippen LogP contribution in [-0.4, -0.2) is 41.0 Å². The minimum absolute atomic E-state index is 0. The Morgan fingerprint density at radius 2 is 2.04 bits per heavy atom. The second kappa shape index (κ2) is 7.28. The molecule has 2 atom stereocenters. The maximum Gasteiger partial charge on any atom is 0.230 e. The summed E-state index contributed by atoms with van der Waals surface area (Å²) >= 11 is 0. The number of benzene rings is 1. The largest absolute Gasteiger partial charge is 0.361 e. The van der Waals surface area contributed by atoms with E-state index in [4.69, 9.17) is 0 Å². The number of carbonyl (C=O) groups excluding carboxylic acids is 1. The lowest BCUT2D eigenvalue weighted by molar-refractivity contribution is -0.133. The molecule has 1 amide bonds. The summed E-state index contributed by atoms with van der Waals surface area (Å²) in [7, 11) is 0. The number of aromatic amines is 1. The van der Waals surface area contributed by atoms with Crippen LogP contribution in [0.3, 0.4) is 0 Å². The number of hydrogen-bond acceptors (Lipinski definition) is 2. The number of amides is 1. The van der Waals surface area contributed by atoms with Crippen molar-refractivity contribution in [2.75, 3.05) is 19.6 Å². The molecule has 0 spiro atoms. The highest BCUT2D eigenvalue weighted by Gasteiger charge is 2.40. The van der Waals surface area contributed by atoms with Gasteiger partial charge in [-0.1, -0.05) is 32.1 Å². The van der Waals surface area contributed by atoms with Gasteiger partial charge in [0.05, 0.1) is 5.92 Å². The van der Waals surface area contributed by atoms with Crippen molar-refractivity contribution < 1.29 is 6.22 Å². The van der Waals surface area contributed by atoms with Crippen molar-refractivity contribution >= 4 is 22.4 Å². The lowest BCUT2D eigenvalue weighted by Gasteiger charge is -2.42. The number of nitrogens with one attached hydrogen (secondary N) is 2. The summed E-state index contributed by atoms with van der Waals surface area (Å²) in [4.78, 5) is 18.1. The predicted octanol–water partition coefficient (Wildman–Crippen LogP) is 4.23. The average molecular weight is 356 g/mol. The first-order valence-electron chi connectivity index (χ1n) is 9.93. The van der Waals surface area contributed by atoms with Gasteiger partial charge in [0.1, 0.15) is 0 Å². The third kappa shape index (κ3) is 2.86. The number of fused-ring (bicyclic) bond motifs is 2. The van der Waals surface area contributed by atoms with Crippen LogP contribution in [0, 0.1) is 5.92 Å². The van der Waals surface area contributed by atoms with Gasteiger partial charge < -0.3 is 15.2 Å². The Kier molecular flexibility index (Phi) is 5.24. The Morgan fingerprint density at radius 3 is 2.73 bits per heavy atom. The zero-order valence-corrected chi connectivity index (χ0v) is 16.6. The fraction of sp³-hybridized carbons (Fsp3) is 0.500. The normalized spacial score (nSPS) is 23.6. The van der Waals surface area contributed by atoms with Crippen LogP contribution in [0.5, 0.6) is 0 Å². The summed E-state index contributed by atoms with van der Waals surface area (Å²) < 4.78 is 0. The molecule has 0 radical (unpaired) electrons. The van der Waals surface area contributed by atoms with Gasteiger partial charge in [0.15, 0.2) is 0 Å². The molecule has 0 fully saturated rings. The molecule has 2 N–H and O–H groups in total. The SMILES string of the molecule is CC.CCN(CC)C(=O)C1C=C2c3cccc4[nH]cc(c34)C[C@@]2(C)NC1.[HH]. The smallest absolute Gasteiger partial charge is 0.230 e. The van der Waals surface area contributed by atoms with Crippen molar-refractivity contribution in [3.63, 3.8) is 0 Å². The summed E-state index contributed by atoms with van der Waals surface area (Å²) in [6.45, 7) is 12.6. The zero-order chi connectivity index (χ0) is 18.9. The first kappa shape index (κ1) is 18.7. The number of nitrogens with zero attached hydrogens (tertiary/aromatic N) is 1. The van der Waals surface area contributed by atoms with Crippen LogP contribution in [-0.2, 0) is 11.2 Å². The number of carbonyl (C=O) groups is 1. The second-order valence-corrected chi connectivity index (χ2v) is 7.13. The molecule has 1 aromatic heterocycles. The molecule has 0 saturated carbocycles. The van der Waals surface area contributed by atoms with E-state index in [0.29, 0.717) is 6.54 Å². The highest BCUT2D eigenvalue weighted by Crippen LogP contribution is 2.43. The van der Waals surface area contributed by atoms with Gasteiger partial charge in [0.25, 0.3) is 0 Å². The Bertz CT molecular complexity index is 837. The Balaban J connectivity index is 0.000000844. The van der Waals surface area contributed by atoms with Gasteiger partial charge in [-0.15, -0.1) is 0 Å². The molecular formula is C22H33N3O. The molecule has 4 heteroatoms. The standard InChI is InChI=1S/C20H25N3O.C2H6.H2/c1-4-23(5-2)19(24)13-9-16-15-7-6-8-17-18(15)14(11-21-17)10-20(16,3)22-12-13;1-2;/h6-9,11,13,21-22H,4-5,10,12H2,1-3H3;1-2H3;1H/t13?,20-;;/m1../s1. The zero-order valence-electron chi connectivity index (χ0n) is 16.6. The van der Waals surface area contributed by atoms with Crippen molar-refractivity contribution in [1.29, 1.82) is 0 Å². The quantitative estimate of drug-likeness (QED) is 0.866. The molecule has 0 saturated heterocycles. The topological polar surface area (TPSA) is 48.1 Å². The van der Waals surface area contributed by atoms with Gasteiger partial charge in [0, 0.05) is 43.7 Å². The van der Waals surface area contributed by atoms with Crippen LogP contribution < -0.4 is 5.32 Å². The molecule has 1 aliphatic heterocycles. The molecule has 26 heavy (non-hydrogen) atoms. The van der Waals surface area contributed by atoms with Gasteiger partial charge in [-0.3, -0.25) is 4.79 Å². The Hall–Kier alpha value is -2.07. The van der Waals surface area contributed by atoms with Crippen molar-refractivity contribution in [3.05, 3.63) is 41.6 Å². The van der Waals surface area contributed by atoms with Gasteiger partial charge in [-0.2, -0.15) is 0 Å². The second-order valence-electron chi connectivity index (χ2n) is 7.13. The molecule has 142 valence electrons. The van der Waals surface area contributed by atoms with Crippen LogP contribution >= 0.6 is 0 Å². The highest BCUT2D eigenvalue weighted by molar-refractivity contribution is 6.00. The number of H-pyrrole nitrogens is 1. The molecule has 1 aliphatic carbocycles.